The topological polar surface area (TPSA) is 70.9 Å². The number of piperidine rings is 1. The summed E-state index contributed by atoms with van der Waals surface area (Å²) in [5.41, 5.74) is 0.669. The van der Waals surface area contributed by atoms with Crippen LogP contribution in [0.15, 0.2) is 17.5 Å². The van der Waals surface area contributed by atoms with E-state index in [0.29, 0.717) is 25.2 Å². The normalized spacial score (nSPS) is 29.4. The first-order valence-corrected chi connectivity index (χ1v) is 10.2. The van der Waals surface area contributed by atoms with Crippen LogP contribution in [0.3, 0.4) is 0 Å². The summed E-state index contributed by atoms with van der Waals surface area (Å²) in [4.78, 5) is 31.1. The Morgan fingerprint density at radius 1 is 1.32 bits per heavy atom. The Morgan fingerprint density at radius 2 is 2.14 bits per heavy atom. The van der Waals surface area contributed by atoms with Crippen LogP contribution in [0.4, 0.5) is 4.39 Å². The second-order valence-electron chi connectivity index (χ2n) is 8.93. The number of carbonyl (C=O) groups is 1. The number of hydrogen-bond acceptors (Lipinski definition) is 6. The predicted octanol–water partition coefficient (Wildman–Crippen LogP) is 1.86. The van der Waals surface area contributed by atoms with Gasteiger partial charge in [-0.25, -0.2) is 4.39 Å². The molecule has 1 aliphatic carbocycles. The summed E-state index contributed by atoms with van der Waals surface area (Å²) in [6, 6.07) is 0. The van der Waals surface area contributed by atoms with E-state index < -0.39 is 11.3 Å². The lowest BCUT2D eigenvalue weighted by Gasteiger charge is -2.44. The number of likely N-dealkylation sites (tertiary alicyclic amines) is 2. The van der Waals surface area contributed by atoms with Crippen LogP contribution in [0.25, 0.3) is 0 Å². The van der Waals surface area contributed by atoms with E-state index in [1.165, 1.54) is 0 Å². The Bertz CT molecular complexity index is 821. The third-order valence-corrected chi connectivity index (χ3v) is 6.40. The molecule has 5 rings (SSSR count). The van der Waals surface area contributed by atoms with E-state index in [4.69, 9.17) is 4.84 Å². The van der Waals surface area contributed by atoms with Gasteiger partial charge in [0.25, 0.3) is 5.91 Å². The molecule has 150 valence electrons. The summed E-state index contributed by atoms with van der Waals surface area (Å²) >= 11 is 0. The van der Waals surface area contributed by atoms with E-state index in [1.807, 2.05) is 6.92 Å². The molecule has 1 unspecified atom stereocenters. The minimum absolute atomic E-state index is 0.154. The minimum Gasteiger partial charge on any atom is -0.387 e. The molecule has 4 aliphatic rings. The van der Waals surface area contributed by atoms with Gasteiger partial charge in [-0.2, -0.15) is 0 Å². The van der Waals surface area contributed by atoms with Gasteiger partial charge in [0.05, 0.1) is 24.5 Å². The van der Waals surface area contributed by atoms with Crippen molar-refractivity contribution in [1.82, 2.24) is 19.8 Å². The first-order chi connectivity index (χ1) is 13.4. The second kappa shape index (κ2) is 6.47. The Balaban J connectivity index is 1.18. The maximum absolute atomic E-state index is 14.5. The van der Waals surface area contributed by atoms with E-state index in [0.717, 1.165) is 43.6 Å². The first kappa shape index (κ1) is 18.0. The maximum atomic E-state index is 14.5. The Morgan fingerprint density at radius 3 is 2.89 bits per heavy atom. The van der Waals surface area contributed by atoms with Crippen molar-refractivity contribution in [3.05, 3.63) is 23.8 Å². The molecule has 0 bridgehead atoms. The van der Waals surface area contributed by atoms with Crippen LogP contribution >= 0.6 is 0 Å². The van der Waals surface area contributed by atoms with Gasteiger partial charge in [0.15, 0.2) is 5.60 Å². The Labute approximate surface area is 163 Å². The number of alkyl halides is 1. The summed E-state index contributed by atoms with van der Waals surface area (Å²) < 4.78 is 14.5. The van der Waals surface area contributed by atoms with Gasteiger partial charge in [0, 0.05) is 31.9 Å². The Hall–Kier alpha value is -2.09. The van der Waals surface area contributed by atoms with Crippen LogP contribution in [-0.4, -0.2) is 68.8 Å². The SMILES string of the molecule is Cc1cncc(CN2CCCC3(CC(C(=O)N4CC(F)(C5CC5)C4)=NO3)C2)n1. The zero-order valence-electron chi connectivity index (χ0n) is 16.2. The summed E-state index contributed by atoms with van der Waals surface area (Å²) in [5.74, 6) is -0.00578. The molecule has 1 atom stereocenters. The summed E-state index contributed by atoms with van der Waals surface area (Å²) in [7, 11) is 0. The predicted molar refractivity (Wildman–Crippen MR) is 100 cm³/mol. The van der Waals surface area contributed by atoms with E-state index >= 15 is 0 Å². The van der Waals surface area contributed by atoms with Crippen molar-refractivity contribution in [1.29, 1.82) is 0 Å². The van der Waals surface area contributed by atoms with Gasteiger partial charge in [0.1, 0.15) is 11.4 Å². The van der Waals surface area contributed by atoms with Crippen molar-refractivity contribution < 1.29 is 14.0 Å². The number of aryl methyl sites for hydroxylation is 1. The molecule has 1 amide bonds. The molecule has 4 heterocycles. The lowest BCUT2D eigenvalue weighted by atomic mass is 9.86. The number of oxime groups is 1. The van der Waals surface area contributed by atoms with Crippen LogP contribution in [0.5, 0.6) is 0 Å². The second-order valence-corrected chi connectivity index (χ2v) is 8.93. The number of carbonyl (C=O) groups excluding carboxylic acids is 1. The third kappa shape index (κ3) is 3.27. The average Bonchev–Trinajstić information content (AvgIpc) is 3.42. The maximum Gasteiger partial charge on any atom is 0.272 e. The zero-order chi connectivity index (χ0) is 19.4. The molecule has 0 radical (unpaired) electrons. The lowest BCUT2D eigenvalue weighted by molar-refractivity contribution is -0.139. The fraction of sp³-hybridized carbons (Fsp3) is 0.700. The average molecular weight is 387 g/mol. The van der Waals surface area contributed by atoms with E-state index in [9.17, 15) is 9.18 Å². The fourth-order valence-electron chi connectivity index (χ4n) is 4.77. The van der Waals surface area contributed by atoms with Crippen molar-refractivity contribution in [2.45, 2.75) is 56.8 Å². The van der Waals surface area contributed by atoms with Gasteiger partial charge in [-0.05, 0) is 45.1 Å². The van der Waals surface area contributed by atoms with E-state index in [-0.39, 0.29) is 24.9 Å². The van der Waals surface area contributed by atoms with Gasteiger partial charge in [-0.3, -0.25) is 19.7 Å². The first-order valence-electron chi connectivity index (χ1n) is 10.2. The van der Waals surface area contributed by atoms with Crippen molar-refractivity contribution >= 4 is 11.6 Å². The number of halogens is 1. The number of hydrogen-bond donors (Lipinski definition) is 0. The minimum atomic E-state index is -1.16. The molecule has 1 saturated carbocycles. The third-order valence-electron chi connectivity index (χ3n) is 6.40. The largest absolute Gasteiger partial charge is 0.387 e. The van der Waals surface area contributed by atoms with E-state index in [2.05, 4.69) is 20.0 Å². The highest BCUT2D eigenvalue weighted by Gasteiger charge is 2.56. The van der Waals surface area contributed by atoms with Gasteiger partial charge in [-0.15, -0.1) is 0 Å². The summed E-state index contributed by atoms with van der Waals surface area (Å²) in [6.07, 6.45) is 7.80. The van der Waals surface area contributed by atoms with Crippen molar-refractivity contribution in [3.63, 3.8) is 0 Å². The number of amides is 1. The number of rotatable bonds is 4. The van der Waals surface area contributed by atoms with Crippen LogP contribution in [0, 0.1) is 12.8 Å². The molecular formula is C20H26FN5O2. The van der Waals surface area contributed by atoms with Crippen molar-refractivity contribution in [2.24, 2.45) is 11.1 Å². The Kier molecular flexibility index (Phi) is 4.15. The van der Waals surface area contributed by atoms with Crippen LogP contribution in [0.2, 0.25) is 0 Å². The standard InChI is InChI=1S/C20H26FN5O2/c1-14-8-22-9-16(23-14)10-25-6-2-5-19(11-25)7-17(24-28-19)18(27)26-12-20(21,13-26)15-3-4-15/h8-9,15H,2-7,10-13H2,1H3. The molecule has 2 saturated heterocycles. The monoisotopic (exact) mass is 387 g/mol. The highest BCUT2D eigenvalue weighted by molar-refractivity contribution is 6.39. The highest BCUT2D eigenvalue weighted by atomic mass is 19.1. The molecule has 0 aromatic carbocycles. The molecule has 28 heavy (non-hydrogen) atoms. The summed E-state index contributed by atoms with van der Waals surface area (Å²) in [6.45, 7) is 4.73. The van der Waals surface area contributed by atoms with Crippen molar-refractivity contribution in [2.75, 3.05) is 26.2 Å². The zero-order valence-corrected chi connectivity index (χ0v) is 16.2. The van der Waals surface area contributed by atoms with Gasteiger partial charge in [0.2, 0.25) is 0 Å². The summed E-state index contributed by atoms with van der Waals surface area (Å²) in [5, 5.41) is 4.13. The highest BCUT2D eigenvalue weighted by Crippen LogP contribution is 2.47. The van der Waals surface area contributed by atoms with E-state index in [1.54, 1.807) is 17.3 Å². The molecular weight excluding hydrogens is 361 g/mol. The van der Waals surface area contributed by atoms with Gasteiger partial charge in [-0.1, -0.05) is 5.16 Å². The fourth-order valence-corrected chi connectivity index (χ4v) is 4.77. The molecule has 1 spiro atoms. The van der Waals surface area contributed by atoms with Gasteiger partial charge >= 0.3 is 0 Å². The van der Waals surface area contributed by atoms with Gasteiger partial charge < -0.3 is 9.74 Å². The molecule has 1 aromatic heterocycles. The van der Waals surface area contributed by atoms with Crippen molar-refractivity contribution in [3.8, 4) is 0 Å². The molecule has 7 nitrogen and oxygen atoms in total. The van der Waals surface area contributed by atoms with Crippen LogP contribution in [0.1, 0.15) is 43.5 Å². The number of nitrogens with zero attached hydrogens (tertiary/aromatic N) is 5. The van der Waals surface area contributed by atoms with Crippen LogP contribution < -0.4 is 0 Å². The smallest absolute Gasteiger partial charge is 0.272 e. The molecule has 3 aliphatic heterocycles. The molecule has 0 N–H and O–H groups in total. The molecule has 3 fully saturated rings. The quantitative estimate of drug-likeness (QED) is 0.789. The van der Waals surface area contributed by atoms with Crippen LogP contribution in [-0.2, 0) is 16.2 Å². The molecule has 1 aromatic rings. The molecule has 8 heteroatoms. The lowest BCUT2D eigenvalue weighted by Crippen LogP contribution is -2.63. The number of aromatic nitrogens is 2.